The molecule has 1 fully saturated rings. The van der Waals surface area contributed by atoms with Gasteiger partial charge in [-0.25, -0.2) is 0 Å². The lowest BCUT2D eigenvalue weighted by molar-refractivity contribution is -0.117. The zero-order chi connectivity index (χ0) is 19.8. The van der Waals surface area contributed by atoms with Gasteiger partial charge in [-0.2, -0.15) is 5.10 Å². The summed E-state index contributed by atoms with van der Waals surface area (Å²) in [6.45, 7) is 10.1. The molecule has 27 heavy (non-hydrogen) atoms. The third-order valence-electron chi connectivity index (χ3n) is 4.73. The van der Waals surface area contributed by atoms with E-state index in [4.69, 9.17) is 0 Å². The molecule has 1 aromatic heterocycles. The van der Waals surface area contributed by atoms with Crippen LogP contribution in [0.25, 0.3) is 0 Å². The lowest BCUT2D eigenvalue weighted by Crippen LogP contribution is -2.28. The predicted molar refractivity (Wildman–Crippen MR) is 106 cm³/mol. The number of amides is 2. The molecule has 1 heterocycles. The summed E-state index contributed by atoms with van der Waals surface area (Å²) >= 11 is 0. The Balaban J connectivity index is 1.63. The monoisotopic (exact) mass is 368 g/mol. The summed E-state index contributed by atoms with van der Waals surface area (Å²) in [4.78, 5) is 24.4. The number of nitrogens with one attached hydrogen (secondary N) is 2. The molecule has 0 bridgehead atoms. The van der Waals surface area contributed by atoms with Crippen LogP contribution in [0.1, 0.15) is 68.3 Å². The molecule has 1 aliphatic rings. The van der Waals surface area contributed by atoms with E-state index < -0.39 is 0 Å². The van der Waals surface area contributed by atoms with E-state index in [1.165, 1.54) is 0 Å². The fourth-order valence-electron chi connectivity index (χ4n) is 3.06. The first-order valence-electron chi connectivity index (χ1n) is 9.44. The van der Waals surface area contributed by atoms with Crippen LogP contribution in [0.4, 0.5) is 5.69 Å². The third kappa shape index (κ3) is 4.56. The summed E-state index contributed by atoms with van der Waals surface area (Å²) in [6.07, 6.45) is 1.97. The second-order valence-corrected chi connectivity index (χ2v) is 8.33. The van der Waals surface area contributed by atoms with Crippen LogP contribution in [-0.4, -0.2) is 21.6 Å². The number of carbonyl (C=O) groups excluding carboxylic acids is 2. The molecule has 0 unspecified atom stereocenters. The maximum Gasteiger partial charge on any atom is 0.272 e. The Morgan fingerprint density at radius 1 is 1.19 bits per heavy atom. The molecule has 1 aliphatic carbocycles. The van der Waals surface area contributed by atoms with Crippen LogP contribution in [0.5, 0.6) is 0 Å². The van der Waals surface area contributed by atoms with Crippen molar-refractivity contribution in [3.8, 4) is 0 Å². The molecule has 0 radical (unpaired) electrons. The van der Waals surface area contributed by atoms with Gasteiger partial charge in [0.15, 0.2) is 0 Å². The first-order valence-corrected chi connectivity index (χ1v) is 9.44. The predicted octanol–water partition coefficient (Wildman–Crippen LogP) is 3.79. The zero-order valence-corrected chi connectivity index (χ0v) is 16.7. The molecular formula is C21H28N4O2. The molecule has 2 aromatic rings. The van der Waals surface area contributed by atoms with Crippen molar-refractivity contribution in [2.24, 2.45) is 5.92 Å². The topological polar surface area (TPSA) is 76.0 Å². The number of anilines is 1. The van der Waals surface area contributed by atoms with Crippen molar-refractivity contribution in [1.29, 1.82) is 0 Å². The largest absolute Gasteiger partial charge is 0.344 e. The Kier molecular flexibility index (Phi) is 5.09. The van der Waals surface area contributed by atoms with Crippen LogP contribution >= 0.6 is 0 Å². The Morgan fingerprint density at radius 2 is 1.81 bits per heavy atom. The SMILES string of the molecule is Cc1cc(C(=O)N[C@@H](C)c2ccc(NC(=O)C3CC3)cc2)nn1C(C)(C)C. The highest BCUT2D eigenvalue weighted by atomic mass is 16.2. The normalized spacial score (nSPS) is 15.3. The number of nitrogens with zero attached hydrogens (tertiary/aromatic N) is 2. The van der Waals surface area contributed by atoms with Gasteiger partial charge < -0.3 is 10.6 Å². The van der Waals surface area contributed by atoms with Gasteiger partial charge in [-0.15, -0.1) is 0 Å². The molecule has 144 valence electrons. The van der Waals surface area contributed by atoms with E-state index >= 15 is 0 Å². The number of aromatic nitrogens is 2. The highest BCUT2D eigenvalue weighted by molar-refractivity contribution is 5.94. The van der Waals surface area contributed by atoms with Gasteiger partial charge in [0.05, 0.1) is 11.6 Å². The minimum Gasteiger partial charge on any atom is -0.344 e. The number of aryl methyl sites for hydroxylation is 1. The summed E-state index contributed by atoms with van der Waals surface area (Å²) in [6, 6.07) is 9.24. The van der Waals surface area contributed by atoms with Crippen molar-refractivity contribution >= 4 is 17.5 Å². The van der Waals surface area contributed by atoms with Crippen molar-refractivity contribution in [2.45, 2.75) is 59.0 Å². The highest BCUT2D eigenvalue weighted by Gasteiger charge is 2.29. The third-order valence-corrected chi connectivity index (χ3v) is 4.73. The van der Waals surface area contributed by atoms with Gasteiger partial charge in [-0.3, -0.25) is 14.3 Å². The van der Waals surface area contributed by atoms with Crippen LogP contribution in [0.2, 0.25) is 0 Å². The quantitative estimate of drug-likeness (QED) is 0.843. The number of hydrogen-bond donors (Lipinski definition) is 2. The van der Waals surface area contributed by atoms with Crippen molar-refractivity contribution in [2.75, 3.05) is 5.32 Å². The van der Waals surface area contributed by atoms with Gasteiger partial charge in [0, 0.05) is 17.3 Å². The van der Waals surface area contributed by atoms with Gasteiger partial charge in [0.1, 0.15) is 5.69 Å². The number of carbonyl (C=O) groups is 2. The summed E-state index contributed by atoms with van der Waals surface area (Å²) in [5.74, 6) is 0.0767. The van der Waals surface area contributed by atoms with E-state index in [9.17, 15) is 9.59 Å². The van der Waals surface area contributed by atoms with Crippen LogP contribution in [-0.2, 0) is 10.3 Å². The minimum atomic E-state index is -0.195. The van der Waals surface area contributed by atoms with Gasteiger partial charge in [0.25, 0.3) is 5.91 Å². The van der Waals surface area contributed by atoms with Crippen LogP contribution in [0.3, 0.4) is 0 Å². The molecule has 0 saturated heterocycles. The first-order chi connectivity index (χ1) is 12.6. The average Bonchev–Trinajstić information content (AvgIpc) is 3.36. The van der Waals surface area contributed by atoms with Crippen molar-refractivity contribution in [3.63, 3.8) is 0 Å². The lowest BCUT2D eigenvalue weighted by Gasteiger charge is -2.21. The fraction of sp³-hybridized carbons (Fsp3) is 0.476. The van der Waals surface area contributed by atoms with E-state index in [2.05, 4.69) is 36.5 Å². The zero-order valence-electron chi connectivity index (χ0n) is 16.7. The second-order valence-electron chi connectivity index (χ2n) is 8.33. The molecular weight excluding hydrogens is 340 g/mol. The highest BCUT2D eigenvalue weighted by Crippen LogP contribution is 2.30. The smallest absolute Gasteiger partial charge is 0.272 e. The maximum absolute atomic E-state index is 12.6. The molecule has 2 amide bonds. The van der Waals surface area contributed by atoms with Gasteiger partial charge in [-0.1, -0.05) is 12.1 Å². The molecule has 0 aliphatic heterocycles. The molecule has 6 heteroatoms. The number of hydrogen-bond acceptors (Lipinski definition) is 3. The van der Waals surface area contributed by atoms with Gasteiger partial charge >= 0.3 is 0 Å². The lowest BCUT2D eigenvalue weighted by atomic mass is 10.1. The first kappa shape index (κ1) is 19.1. The Bertz CT molecular complexity index is 842. The van der Waals surface area contributed by atoms with Crippen molar-refractivity contribution < 1.29 is 9.59 Å². The van der Waals surface area contributed by atoms with E-state index in [1.54, 1.807) is 0 Å². The molecule has 1 atom stereocenters. The Hall–Kier alpha value is -2.63. The summed E-state index contributed by atoms with van der Waals surface area (Å²) < 4.78 is 1.87. The fourth-order valence-corrected chi connectivity index (χ4v) is 3.06. The molecule has 1 saturated carbocycles. The summed E-state index contributed by atoms with van der Waals surface area (Å²) in [5.41, 5.74) is 2.96. The summed E-state index contributed by atoms with van der Waals surface area (Å²) in [5, 5.41) is 10.4. The average molecular weight is 368 g/mol. The molecule has 3 rings (SSSR count). The van der Waals surface area contributed by atoms with Gasteiger partial charge in [-0.05, 0) is 71.2 Å². The molecule has 6 nitrogen and oxygen atoms in total. The second kappa shape index (κ2) is 7.18. The number of benzene rings is 1. The summed E-state index contributed by atoms with van der Waals surface area (Å²) in [7, 11) is 0. The van der Waals surface area contributed by atoms with Crippen molar-refractivity contribution in [3.05, 3.63) is 47.3 Å². The Labute approximate surface area is 160 Å². The molecule has 2 N–H and O–H groups in total. The van der Waals surface area contributed by atoms with E-state index in [-0.39, 0.29) is 29.3 Å². The van der Waals surface area contributed by atoms with Gasteiger partial charge in [0.2, 0.25) is 5.91 Å². The van der Waals surface area contributed by atoms with E-state index in [0.29, 0.717) is 5.69 Å². The standard InChI is InChI=1S/C21H28N4O2/c1-13-12-18(24-25(13)21(3,4)5)20(27)22-14(2)15-8-10-17(11-9-15)23-19(26)16-6-7-16/h8-12,14,16H,6-7H2,1-5H3,(H,22,27)(H,23,26)/t14-/m0/s1. The van der Waals surface area contributed by atoms with E-state index in [1.807, 2.05) is 48.9 Å². The Morgan fingerprint density at radius 3 is 2.33 bits per heavy atom. The van der Waals surface area contributed by atoms with Crippen molar-refractivity contribution in [1.82, 2.24) is 15.1 Å². The van der Waals surface area contributed by atoms with Crippen LogP contribution in [0, 0.1) is 12.8 Å². The van der Waals surface area contributed by atoms with E-state index in [0.717, 1.165) is 29.8 Å². The molecule has 1 aromatic carbocycles. The number of rotatable bonds is 5. The maximum atomic E-state index is 12.6. The van der Waals surface area contributed by atoms with Crippen LogP contribution in [0.15, 0.2) is 30.3 Å². The van der Waals surface area contributed by atoms with Crippen LogP contribution < -0.4 is 10.6 Å². The minimum absolute atomic E-state index is 0.0916. The molecule has 0 spiro atoms.